The molecule has 2 fully saturated rings. The molecule has 1 N–H and O–H groups in total. The molecular formula is C34H43F3O4. The van der Waals surface area contributed by atoms with Crippen molar-refractivity contribution in [3.05, 3.63) is 71.6 Å². The van der Waals surface area contributed by atoms with Crippen LogP contribution >= 0.6 is 0 Å². The molecule has 0 bridgehead atoms. The number of aliphatic hydroxyl groups excluding tert-OH is 1. The van der Waals surface area contributed by atoms with Crippen molar-refractivity contribution in [1.82, 2.24) is 0 Å². The van der Waals surface area contributed by atoms with E-state index in [1.54, 1.807) is 12.1 Å². The van der Waals surface area contributed by atoms with Gasteiger partial charge < -0.3 is 14.6 Å². The summed E-state index contributed by atoms with van der Waals surface area (Å²) >= 11 is 0. The SMILES string of the molecule is C=CCCCOc1ccc(C2CCC(C(=O)Oc3ccc(C4CCC(C(O)CCC)CC4)c(F)c3F)CC2)cc1F. The van der Waals surface area contributed by atoms with E-state index in [9.17, 15) is 18.7 Å². The molecule has 4 nitrogen and oxygen atoms in total. The first-order chi connectivity index (χ1) is 19.8. The van der Waals surface area contributed by atoms with Crippen molar-refractivity contribution in [2.45, 2.75) is 102 Å². The summed E-state index contributed by atoms with van der Waals surface area (Å²) in [6.45, 7) is 6.13. The topological polar surface area (TPSA) is 55.8 Å². The number of carbonyl (C=O) groups excluding carboxylic acids is 1. The molecule has 0 amide bonds. The highest BCUT2D eigenvalue weighted by Gasteiger charge is 2.32. The van der Waals surface area contributed by atoms with Crippen molar-refractivity contribution in [3.63, 3.8) is 0 Å². The van der Waals surface area contributed by atoms with Crippen LogP contribution in [-0.4, -0.2) is 23.8 Å². The van der Waals surface area contributed by atoms with Crippen LogP contribution in [0.3, 0.4) is 0 Å². The number of hydrogen-bond donors (Lipinski definition) is 1. The minimum atomic E-state index is -1.13. The number of aliphatic hydroxyl groups is 1. The van der Waals surface area contributed by atoms with Gasteiger partial charge in [-0.05, 0) is 118 Å². The number of rotatable bonds is 12. The first kappa shape index (κ1) is 31.1. The summed E-state index contributed by atoms with van der Waals surface area (Å²) in [6, 6.07) is 7.92. The summed E-state index contributed by atoms with van der Waals surface area (Å²) in [6.07, 6.45) is 10.1. The highest BCUT2D eigenvalue weighted by atomic mass is 19.2. The van der Waals surface area contributed by atoms with Gasteiger partial charge in [0.1, 0.15) is 0 Å². The average Bonchev–Trinajstić information content (AvgIpc) is 2.99. The third kappa shape index (κ3) is 7.94. The fraction of sp³-hybridized carbons (Fsp3) is 0.559. The van der Waals surface area contributed by atoms with Gasteiger partial charge >= 0.3 is 5.97 Å². The van der Waals surface area contributed by atoms with E-state index in [1.807, 2.05) is 13.0 Å². The van der Waals surface area contributed by atoms with Crippen molar-refractivity contribution < 1.29 is 32.5 Å². The number of benzene rings is 2. The first-order valence-electron chi connectivity index (χ1n) is 15.2. The maximum Gasteiger partial charge on any atom is 0.314 e. The summed E-state index contributed by atoms with van der Waals surface area (Å²) in [4.78, 5) is 12.8. The summed E-state index contributed by atoms with van der Waals surface area (Å²) < 4.78 is 55.5. The van der Waals surface area contributed by atoms with E-state index in [0.717, 1.165) is 44.1 Å². The second-order valence-corrected chi connectivity index (χ2v) is 11.7. The van der Waals surface area contributed by atoms with Crippen LogP contribution in [0.25, 0.3) is 0 Å². The van der Waals surface area contributed by atoms with Gasteiger partial charge in [0.05, 0.1) is 18.6 Å². The summed E-state index contributed by atoms with van der Waals surface area (Å²) in [5, 5.41) is 10.3. The van der Waals surface area contributed by atoms with Crippen LogP contribution in [0.1, 0.15) is 107 Å². The third-order valence-electron chi connectivity index (χ3n) is 8.93. The largest absolute Gasteiger partial charge is 0.491 e. The number of unbranched alkanes of at least 4 members (excludes halogenated alkanes) is 1. The Morgan fingerprint density at radius 1 is 0.976 bits per heavy atom. The van der Waals surface area contributed by atoms with Crippen LogP contribution in [0.2, 0.25) is 0 Å². The Morgan fingerprint density at radius 3 is 2.32 bits per heavy atom. The molecule has 1 atom stereocenters. The Balaban J connectivity index is 1.28. The molecule has 0 aromatic heterocycles. The number of esters is 1. The fourth-order valence-corrected chi connectivity index (χ4v) is 6.44. The van der Waals surface area contributed by atoms with Crippen molar-refractivity contribution in [3.8, 4) is 11.5 Å². The molecule has 0 aliphatic heterocycles. The van der Waals surface area contributed by atoms with Gasteiger partial charge in [0.25, 0.3) is 0 Å². The second-order valence-electron chi connectivity index (χ2n) is 11.7. The van der Waals surface area contributed by atoms with Gasteiger partial charge in [0, 0.05) is 0 Å². The Bertz CT molecular complexity index is 1170. The van der Waals surface area contributed by atoms with Gasteiger partial charge in [-0.2, -0.15) is 4.39 Å². The molecule has 0 saturated heterocycles. The molecule has 4 rings (SSSR count). The number of ether oxygens (including phenoxy) is 2. The molecule has 2 aromatic rings. The van der Waals surface area contributed by atoms with Crippen LogP contribution in [-0.2, 0) is 4.79 Å². The lowest BCUT2D eigenvalue weighted by Crippen LogP contribution is -2.26. The molecular weight excluding hydrogens is 529 g/mol. The van der Waals surface area contributed by atoms with E-state index >= 15 is 4.39 Å². The van der Waals surface area contributed by atoms with Crippen LogP contribution in [0.5, 0.6) is 11.5 Å². The van der Waals surface area contributed by atoms with E-state index in [-0.39, 0.29) is 35.4 Å². The Labute approximate surface area is 241 Å². The van der Waals surface area contributed by atoms with Gasteiger partial charge in [0.15, 0.2) is 23.1 Å². The number of hydrogen-bond acceptors (Lipinski definition) is 4. The smallest absolute Gasteiger partial charge is 0.314 e. The number of allylic oxidation sites excluding steroid dienone is 1. The average molecular weight is 573 g/mol. The van der Waals surface area contributed by atoms with E-state index in [4.69, 9.17) is 9.47 Å². The molecule has 0 heterocycles. The second kappa shape index (κ2) is 14.9. The molecule has 224 valence electrons. The van der Waals surface area contributed by atoms with E-state index in [1.165, 1.54) is 18.2 Å². The summed E-state index contributed by atoms with van der Waals surface area (Å²) in [7, 11) is 0. The van der Waals surface area contributed by atoms with Crippen LogP contribution in [0, 0.1) is 29.3 Å². The van der Waals surface area contributed by atoms with E-state index < -0.39 is 29.3 Å². The first-order valence-corrected chi connectivity index (χ1v) is 15.2. The lowest BCUT2D eigenvalue weighted by atomic mass is 9.76. The van der Waals surface area contributed by atoms with Gasteiger partial charge in [-0.1, -0.05) is 31.6 Å². The quantitative estimate of drug-likeness (QED) is 0.120. The maximum absolute atomic E-state index is 15.1. The summed E-state index contributed by atoms with van der Waals surface area (Å²) in [5.74, 6) is -3.40. The van der Waals surface area contributed by atoms with Crippen LogP contribution in [0.4, 0.5) is 13.2 Å². The molecule has 2 saturated carbocycles. The molecule has 2 aromatic carbocycles. The lowest BCUT2D eigenvalue weighted by molar-refractivity contribution is -0.140. The van der Waals surface area contributed by atoms with Gasteiger partial charge in [-0.3, -0.25) is 4.79 Å². The highest BCUT2D eigenvalue weighted by molar-refractivity contribution is 5.75. The molecule has 7 heteroatoms. The number of halogens is 3. The number of carbonyl (C=O) groups is 1. The zero-order valence-corrected chi connectivity index (χ0v) is 24.1. The predicted octanol–water partition coefficient (Wildman–Crippen LogP) is 8.76. The molecule has 1 unspecified atom stereocenters. The normalized spacial score (nSPS) is 23.5. The Kier molecular flexibility index (Phi) is 11.3. The lowest BCUT2D eigenvalue weighted by Gasteiger charge is -2.32. The highest BCUT2D eigenvalue weighted by Crippen LogP contribution is 2.41. The van der Waals surface area contributed by atoms with Crippen LogP contribution in [0.15, 0.2) is 43.0 Å². The van der Waals surface area contributed by atoms with Gasteiger partial charge in [0.2, 0.25) is 5.82 Å². The van der Waals surface area contributed by atoms with Crippen molar-refractivity contribution in [2.24, 2.45) is 11.8 Å². The van der Waals surface area contributed by atoms with Gasteiger partial charge in [-0.25, -0.2) is 8.78 Å². The molecule has 2 aliphatic carbocycles. The molecule has 0 spiro atoms. The standard InChI is InChI=1S/C34H43F3O4/c1-3-5-6-20-40-30-18-16-26(21-28(30)35)22-8-14-25(15-9-22)34(39)41-31-19-17-27(32(36)33(31)37)23-10-12-24(13-11-23)29(38)7-4-2/h3,16-19,21-25,29,38H,1,4-15,20H2,2H3. The molecule has 0 radical (unpaired) electrons. The van der Waals surface area contributed by atoms with Crippen molar-refractivity contribution >= 4 is 5.97 Å². The predicted molar refractivity (Wildman–Crippen MR) is 154 cm³/mol. The third-order valence-corrected chi connectivity index (χ3v) is 8.93. The zero-order valence-electron chi connectivity index (χ0n) is 24.1. The minimum Gasteiger partial charge on any atom is -0.491 e. The van der Waals surface area contributed by atoms with E-state index in [0.29, 0.717) is 50.7 Å². The summed E-state index contributed by atoms with van der Waals surface area (Å²) in [5.41, 5.74) is 1.18. The van der Waals surface area contributed by atoms with Crippen molar-refractivity contribution in [2.75, 3.05) is 6.61 Å². The Hall–Kier alpha value is -2.80. The molecule has 2 aliphatic rings. The van der Waals surface area contributed by atoms with Crippen LogP contribution < -0.4 is 9.47 Å². The van der Waals surface area contributed by atoms with Gasteiger partial charge in [-0.15, -0.1) is 6.58 Å². The van der Waals surface area contributed by atoms with Crippen molar-refractivity contribution in [1.29, 1.82) is 0 Å². The monoisotopic (exact) mass is 572 g/mol. The zero-order chi connectivity index (χ0) is 29.4. The fourth-order valence-electron chi connectivity index (χ4n) is 6.44. The Morgan fingerprint density at radius 2 is 1.66 bits per heavy atom. The minimum absolute atomic E-state index is 0.106. The molecule has 41 heavy (non-hydrogen) atoms. The maximum atomic E-state index is 15.1. The van der Waals surface area contributed by atoms with E-state index in [2.05, 4.69) is 6.58 Å².